The van der Waals surface area contributed by atoms with Gasteiger partial charge in [-0.3, -0.25) is 29.4 Å². The molecule has 0 radical (unpaired) electrons. The van der Waals surface area contributed by atoms with Gasteiger partial charge in [-0.1, -0.05) is 127 Å². The molecule has 0 bridgehead atoms. The van der Waals surface area contributed by atoms with E-state index in [-0.39, 0.29) is 49.1 Å². The van der Waals surface area contributed by atoms with E-state index in [0.29, 0.717) is 33.4 Å². The summed E-state index contributed by atoms with van der Waals surface area (Å²) >= 11 is 0. The van der Waals surface area contributed by atoms with Gasteiger partial charge in [0.05, 0.1) is 41.3 Å². The number of allylic oxidation sites excluding steroid dienone is 2. The molecule has 74 heavy (non-hydrogen) atoms. The van der Waals surface area contributed by atoms with Crippen LogP contribution in [-0.2, 0) is 35.9 Å². The van der Waals surface area contributed by atoms with Crippen molar-refractivity contribution in [1.29, 1.82) is 0 Å². The van der Waals surface area contributed by atoms with Crippen LogP contribution in [0.5, 0.6) is 5.75 Å². The minimum absolute atomic E-state index is 0.0658. The second-order valence-electron chi connectivity index (χ2n) is 18.6. The van der Waals surface area contributed by atoms with E-state index in [1.54, 1.807) is 72.8 Å². The molecule has 7 atom stereocenters. The topological polar surface area (TPSA) is 198 Å². The van der Waals surface area contributed by atoms with E-state index in [0.717, 1.165) is 36.2 Å². The predicted molar refractivity (Wildman–Crippen MR) is 272 cm³/mol. The highest BCUT2D eigenvalue weighted by atomic mass is 16.6. The number of anilines is 1. The lowest BCUT2D eigenvalue weighted by molar-refractivity contribution is -0.384. The molecule has 6 aromatic rings. The summed E-state index contributed by atoms with van der Waals surface area (Å²) in [6, 6.07) is 40.8. The Hall–Kier alpha value is -8.42. The van der Waals surface area contributed by atoms with Gasteiger partial charge in [-0.25, -0.2) is 9.69 Å². The minimum Gasteiger partial charge on any atom is -0.491 e. The summed E-state index contributed by atoms with van der Waals surface area (Å²) in [4.78, 5) is 76.8. The van der Waals surface area contributed by atoms with Crippen LogP contribution < -0.4 is 15.0 Å². The molecule has 15 nitrogen and oxygen atoms in total. The van der Waals surface area contributed by atoms with E-state index in [4.69, 9.17) is 14.2 Å². The number of nitrogens with zero attached hydrogens (tertiary/aromatic N) is 3. The zero-order chi connectivity index (χ0) is 51.3. The number of cyclic esters (lactones) is 1. The number of hydrogen-bond donors (Lipinski definition) is 3. The second kappa shape index (κ2) is 21.3. The number of fused-ring (bicyclic) bond motifs is 3. The van der Waals surface area contributed by atoms with Crippen LogP contribution in [-0.4, -0.2) is 69.7 Å². The number of amides is 3. The Bertz CT molecular complexity index is 3180. The molecular formula is C59H52N4O11. The molecule has 10 rings (SSSR count). The molecule has 1 aliphatic carbocycles. The zero-order valence-electron chi connectivity index (χ0n) is 40.1. The summed E-state index contributed by atoms with van der Waals surface area (Å²) in [5.41, 5.74) is 1.87. The average molecular weight is 993 g/mol. The van der Waals surface area contributed by atoms with Gasteiger partial charge in [-0.2, -0.15) is 0 Å². The first kappa shape index (κ1) is 49.2. The standard InChI is InChI=1S/C59H52N4O11/c64-33-34-72-49-24-14-13-23-45(49)54-59(46-35-39(26-25-38-15-5-1-6-16-38)29-32-47(46)61(57(59)68)58(69)73-37-40-27-30-44(31-28-40)63(70)71)50(55(66)60-36-48(65)41-17-7-2-8-18-41)52-56(67)74-53(43-21-11-4-12-22-43)51(62(52)54)42-19-9-3-10-20-42/h2-4,7-15,17-24,27-32,35,48,50-54,64-65H,1,5-6,16,33-34,36-37H2,(H,60,66). The molecule has 3 amide bonds. The maximum Gasteiger partial charge on any atom is 0.421 e. The summed E-state index contributed by atoms with van der Waals surface area (Å²) in [5.74, 6) is 2.63. The first-order chi connectivity index (χ1) is 36.1. The van der Waals surface area contributed by atoms with Gasteiger partial charge in [-0.15, -0.1) is 0 Å². The molecule has 7 unspecified atom stereocenters. The third-order valence-electron chi connectivity index (χ3n) is 14.3. The van der Waals surface area contributed by atoms with Gasteiger partial charge in [0.25, 0.3) is 5.69 Å². The molecule has 0 aromatic heterocycles. The summed E-state index contributed by atoms with van der Waals surface area (Å²) < 4.78 is 18.8. The predicted octanol–water partition coefficient (Wildman–Crippen LogP) is 8.67. The Kier molecular flexibility index (Phi) is 14.2. The summed E-state index contributed by atoms with van der Waals surface area (Å²) in [7, 11) is 0. The number of imide groups is 1. The SMILES string of the molecule is O=C1OC(c2ccccc2)C(c2ccccc2)N2C1C(C(=O)NCC(O)c1ccccc1)C1(C(=O)N(C(=O)OCc3ccc([N+](=O)[O-])cc3)c3ccc(C#CC4=CCCCC4)cc31)C2c1ccccc1OCCO. The molecule has 3 N–H and O–H groups in total. The number of non-ortho nitro benzene ring substituents is 1. The average Bonchev–Trinajstić information content (AvgIpc) is 3.97. The number of esters is 1. The van der Waals surface area contributed by atoms with E-state index < -0.39 is 70.5 Å². The Morgan fingerprint density at radius 3 is 2.22 bits per heavy atom. The van der Waals surface area contributed by atoms with Crippen LogP contribution in [0.2, 0.25) is 0 Å². The van der Waals surface area contributed by atoms with E-state index in [1.807, 2.05) is 65.6 Å². The highest BCUT2D eigenvalue weighted by molar-refractivity contribution is 6.23. The van der Waals surface area contributed by atoms with Gasteiger partial charge in [0.1, 0.15) is 36.5 Å². The second-order valence-corrected chi connectivity index (χ2v) is 18.6. The molecule has 3 aliphatic heterocycles. The minimum atomic E-state index is -2.22. The number of aliphatic hydroxyl groups is 2. The first-order valence-corrected chi connectivity index (χ1v) is 24.6. The number of benzene rings is 6. The van der Waals surface area contributed by atoms with Crippen molar-refractivity contribution in [2.75, 3.05) is 24.7 Å². The summed E-state index contributed by atoms with van der Waals surface area (Å²) in [5, 5.41) is 36.1. The molecule has 2 fully saturated rings. The number of carbonyl (C=O) groups excluding carboxylic acids is 4. The van der Waals surface area contributed by atoms with Crippen LogP contribution in [0.15, 0.2) is 169 Å². The van der Waals surface area contributed by atoms with Crippen LogP contribution in [0.25, 0.3) is 0 Å². The molecule has 0 saturated carbocycles. The smallest absolute Gasteiger partial charge is 0.421 e. The molecule has 4 aliphatic rings. The van der Waals surface area contributed by atoms with Gasteiger partial charge in [0.15, 0.2) is 0 Å². The summed E-state index contributed by atoms with van der Waals surface area (Å²) in [6.45, 7) is -1.23. The van der Waals surface area contributed by atoms with Crippen molar-refractivity contribution in [2.45, 2.75) is 68.0 Å². The maximum atomic E-state index is 16.7. The number of nitrogens with one attached hydrogen (secondary N) is 1. The highest BCUT2D eigenvalue weighted by Crippen LogP contribution is 2.66. The monoisotopic (exact) mass is 992 g/mol. The maximum absolute atomic E-state index is 16.7. The van der Waals surface area contributed by atoms with Crippen molar-refractivity contribution in [3.8, 4) is 17.6 Å². The molecule has 1 spiro atoms. The van der Waals surface area contributed by atoms with Crippen molar-refractivity contribution in [1.82, 2.24) is 10.2 Å². The number of nitro benzene ring substituents is 1. The molecule has 15 heteroatoms. The fourth-order valence-electron chi connectivity index (χ4n) is 11.1. The van der Waals surface area contributed by atoms with Gasteiger partial charge < -0.3 is 29.7 Å². The van der Waals surface area contributed by atoms with Gasteiger partial charge in [0, 0.05) is 29.8 Å². The number of nitro groups is 1. The lowest BCUT2D eigenvalue weighted by Crippen LogP contribution is -2.56. The summed E-state index contributed by atoms with van der Waals surface area (Å²) in [6.07, 6.45) is 2.49. The normalized spacial score (nSPS) is 22.3. The Balaban J connectivity index is 1.23. The third kappa shape index (κ3) is 9.19. The Morgan fingerprint density at radius 1 is 0.838 bits per heavy atom. The largest absolute Gasteiger partial charge is 0.491 e. The van der Waals surface area contributed by atoms with Crippen LogP contribution in [0.1, 0.15) is 88.9 Å². The van der Waals surface area contributed by atoms with Crippen LogP contribution in [0.4, 0.5) is 16.2 Å². The van der Waals surface area contributed by atoms with Crippen molar-refractivity contribution >= 4 is 35.3 Å². The Morgan fingerprint density at radius 2 is 1.53 bits per heavy atom. The molecule has 2 saturated heterocycles. The fraction of sp³-hybridized carbons (Fsp3) is 0.254. The number of morpholine rings is 1. The van der Waals surface area contributed by atoms with Crippen LogP contribution >= 0.6 is 0 Å². The third-order valence-corrected chi connectivity index (χ3v) is 14.3. The van der Waals surface area contributed by atoms with Gasteiger partial charge in [-0.05, 0) is 95.5 Å². The molecule has 6 aromatic carbocycles. The van der Waals surface area contributed by atoms with Gasteiger partial charge in [0.2, 0.25) is 11.8 Å². The molecular weight excluding hydrogens is 941 g/mol. The number of carbonyl (C=O) groups is 4. The quantitative estimate of drug-likeness (QED) is 0.0432. The van der Waals surface area contributed by atoms with Gasteiger partial charge >= 0.3 is 12.1 Å². The van der Waals surface area contributed by atoms with Crippen molar-refractivity contribution in [3.05, 3.63) is 218 Å². The number of rotatable bonds is 13. The van der Waals surface area contributed by atoms with E-state index in [2.05, 4.69) is 23.2 Å². The van der Waals surface area contributed by atoms with Crippen molar-refractivity contribution in [2.24, 2.45) is 5.92 Å². The number of para-hydroxylation sites is 1. The number of aliphatic hydroxyl groups excluding tert-OH is 2. The molecule has 374 valence electrons. The van der Waals surface area contributed by atoms with E-state index in [9.17, 15) is 25.1 Å². The van der Waals surface area contributed by atoms with Crippen molar-refractivity contribution < 1.29 is 48.5 Å². The van der Waals surface area contributed by atoms with E-state index >= 15 is 14.4 Å². The lowest BCUT2D eigenvalue weighted by Gasteiger charge is -2.46. The lowest BCUT2D eigenvalue weighted by atomic mass is 9.65. The van der Waals surface area contributed by atoms with Crippen LogP contribution in [0.3, 0.4) is 0 Å². The highest BCUT2D eigenvalue weighted by Gasteiger charge is 2.76. The van der Waals surface area contributed by atoms with E-state index in [1.165, 1.54) is 24.3 Å². The Labute approximate surface area is 427 Å². The zero-order valence-corrected chi connectivity index (χ0v) is 40.1. The molecule has 3 heterocycles. The van der Waals surface area contributed by atoms with Crippen LogP contribution in [0, 0.1) is 27.9 Å². The fourth-order valence-corrected chi connectivity index (χ4v) is 11.1. The van der Waals surface area contributed by atoms with Crippen molar-refractivity contribution in [3.63, 3.8) is 0 Å². The number of ether oxygens (including phenoxy) is 3. The first-order valence-electron chi connectivity index (χ1n) is 24.6. The number of hydrogen-bond acceptors (Lipinski definition) is 12.